The van der Waals surface area contributed by atoms with Gasteiger partial charge in [-0.05, 0) is 30.5 Å². The van der Waals surface area contributed by atoms with Crippen molar-refractivity contribution < 1.29 is 9.59 Å². The molecule has 0 bridgehead atoms. The number of anilines is 1. The van der Waals surface area contributed by atoms with Crippen molar-refractivity contribution in [2.24, 2.45) is 5.92 Å². The van der Waals surface area contributed by atoms with Crippen LogP contribution in [0.2, 0.25) is 0 Å². The summed E-state index contributed by atoms with van der Waals surface area (Å²) in [5.41, 5.74) is 2.04. The average molecular weight is 364 g/mol. The van der Waals surface area contributed by atoms with Gasteiger partial charge in [0.15, 0.2) is 0 Å². The van der Waals surface area contributed by atoms with Gasteiger partial charge in [-0.3, -0.25) is 9.59 Å². The Bertz CT molecular complexity index is 556. The van der Waals surface area contributed by atoms with Crippen LogP contribution in [0.5, 0.6) is 0 Å². The molecule has 1 aromatic rings. The van der Waals surface area contributed by atoms with Gasteiger partial charge < -0.3 is 15.5 Å². The van der Waals surface area contributed by atoms with Crippen LogP contribution in [0.1, 0.15) is 25.8 Å². The number of hydrogen-bond acceptors (Lipinski definition) is 4. The fourth-order valence-corrected chi connectivity index (χ4v) is 3.58. The maximum absolute atomic E-state index is 11.9. The van der Waals surface area contributed by atoms with Crippen molar-refractivity contribution >= 4 is 29.3 Å². The van der Waals surface area contributed by atoms with Crippen LogP contribution in [0, 0.1) is 5.92 Å². The third kappa shape index (κ3) is 7.08. The highest BCUT2D eigenvalue weighted by atomic mass is 32.2. The van der Waals surface area contributed by atoms with Gasteiger partial charge in [-0.1, -0.05) is 26.0 Å². The van der Waals surface area contributed by atoms with Crippen LogP contribution < -0.4 is 10.6 Å². The van der Waals surface area contributed by atoms with Gasteiger partial charge in [0.05, 0.1) is 6.54 Å². The third-order valence-electron chi connectivity index (χ3n) is 4.54. The lowest BCUT2D eigenvalue weighted by atomic mass is 10.1. The molecule has 2 N–H and O–H groups in total. The molecule has 1 fully saturated rings. The highest BCUT2D eigenvalue weighted by Gasteiger charge is 2.12. The van der Waals surface area contributed by atoms with E-state index in [0.29, 0.717) is 0 Å². The van der Waals surface area contributed by atoms with Gasteiger partial charge >= 0.3 is 0 Å². The van der Waals surface area contributed by atoms with Gasteiger partial charge in [-0.25, -0.2) is 0 Å². The Kier molecular flexibility index (Phi) is 8.28. The van der Waals surface area contributed by atoms with Crippen LogP contribution in [0.25, 0.3) is 0 Å². The molecule has 0 aromatic heterocycles. The highest BCUT2D eigenvalue weighted by molar-refractivity contribution is 7.99. The Morgan fingerprint density at radius 1 is 1.20 bits per heavy atom. The Balaban J connectivity index is 1.71. The predicted molar refractivity (Wildman–Crippen MR) is 105 cm³/mol. The Morgan fingerprint density at radius 2 is 1.88 bits per heavy atom. The van der Waals surface area contributed by atoms with Crippen LogP contribution >= 0.6 is 11.8 Å². The average Bonchev–Trinajstić information content (AvgIpc) is 2.65. The molecule has 2 amide bonds. The lowest BCUT2D eigenvalue weighted by Crippen LogP contribution is -2.35. The molecule has 5 nitrogen and oxygen atoms in total. The molecule has 0 spiro atoms. The second-order valence-corrected chi connectivity index (χ2v) is 7.70. The molecule has 0 radical (unpaired) electrons. The monoisotopic (exact) mass is 363 g/mol. The van der Waals surface area contributed by atoms with Crippen LogP contribution in [0.15, 0.2) is 24.3 Å². The smallest absolute Gasteiger partial charge is 0.243 e. The summed E-state index contributed by atoms with van der Waals surface area (Å²) in [6.45, 7) is 7.28. The lowest BCUT2D eigenvalue weighted by molar-refractivity contribution is -0.126. The summed E-state index contributed by atoms with van der Waals surface area (Å²) >= 11 is 2.03. The zero-order chi connectivity index (χ0) is 18.1. The Hall–Kier alpha value is -1.53. The first-order valence-corrected chi connectivity index (χ1v) is 10.2. The summed E-state index contributed by atoms with van der Waals surface area (Å²) in [6.07, 6.45) is 1.80. The first kappa shape index (κ1) is 19.8. The van der Waals surface area contributed by atoms with E-state index in [1.807, 2.05) is 37.7 Å². The molecular formula is C19H29N3O2S. The van der Waals surface area contributed by atoms with Crippen LogP contribution in [-0.4, -0.2) is 54.4 Å². The Labute approximate surface area is 154 Å². The second kappa shape index (κ2) is 10.5. The van der Waals surface area contributed by atoms with Gasteiger partial charge in [0, 0.05) is 42.7 Å². The lowest BCUT2D eigenvalue weighted by Gasteiger charge is -2.26. The van der Waals surface area contributed by atoms with Crippen molar-refractivity contribution in [2.45, 2.75) is 26.7 Å². The number of thioether (sulfide) groups is 1. The molecule has 1 aromatic carbocycles. The number of carbonyl (C=O) groups is 2. The number of nitrogens with one attached hydrogen (secondary N) is 2. The van der Waals surface area contributed by atoms with E-state index in [0.717, 1.165) is 25.1 Å². The van der Waals surface area contributed by atoms with E-state index in [-0.39, 0.29) is 24.3 Å². The van der Waals surface area contributed by atoms with Gasteiger partial charge in [-0.15, -0.1) is 0 Å². The van der Waals surface area contributed by atoms with E-state index in [4.69, 9.17) is 0 Å². The molecular weight excluding hydrogens is 334 g/mol. The standard InChI is InChI=1S/C19H29N3O2S/c1-3-15(2)19(24)20-14-18(23)21-17-6-4-16(5-7-17)8-9-22-10-12-25-13-11-22/h4-7,15H,3,8-14H2,1-2H3,(H,20,24)(H,21,23). The van der Waals surface area contributed by atoms with E-state index >= 15 is 0 Å². The summed E-state index contributed by atoms with van der Waals surface area (Å²) in [5, 5.41) is 5.48. The van der Waals surface area contributed by atoms with Crippen molar-refractivity contribution in [2.75, 3.05) is 43.0 Å². The van der Waals surface area contributed by atoms with Crippen molar-refractivity contribution in [3.05, 3.63) is 29.8 Å². The molecule has 138 valence electrons. The van der Waals surface area contributed by atoms with Crippen molar-refractivity contribution in [3.8, 4) is 0 Å². The summed E-state index contributed by atoms with van der Waals surface area (Å²) < 4.78 is 0. The number of benzene rings is 1. The van der Waals surface area contributed by atoms with Gasteiger partial charge in [-0.2, -0.15) is 11.8 Å². The number of nitrogens with zero attached hydrogens (tertiary/aromatic N) is 1. The number of amides is 2. The predicted octanol–water partition coefficient (Wildman–Crippen LogP) is 2.38. The molecule has 6 heteroatoms. The molecule has 1 heterocycles. The van der Waals surface area contributed by atoms with Gasteiger partial charge in [0.1, 0.15) is 0 Å². The third-order valence-corrected chi connectivity index (χ3v) is 5.48. The largest absolute Gasteiger partial charge is 0.347 e. The van der Waals surface area contributed by atoms with E-state index in [2.05, 4.69) is 27.7 Å². The van der Waals surface area contributed by atoms with Gasteiger partial charge in [0.2, 0.25) is 11.8 Å². The molecule has 2 rings (SSSR count). The molecule has 1 aliphatic rings. The molecule has 0 saturated carbocycles. The van der Waals surface area contributed by atoms with Gasteiger partial charge in [0.25, 0.3) is 0 Å². The molecule has 0 aliphatic carbocycles. The van der Waals surface area contributed by atoms with Crippen molar-refractivity contribution in [1.29, 1.82) is 0 Å². The summed E-state index contributed by atoms with van der Waals surface area (Å²) in [4.78, 5) is 26.1. The zero-order valence-corrected chi connectivity index (χ0v) is 16.0. The van der Waals surface area contributed by atoms with E-state index < -0.39 is 0 Å². The van der Waals surface area contributed by atoms with Crippen LogP contribution in [0.4, 0.5) is 5.69 Å². The van der Waals surface area contributed by atoms with E-state index in [1.165, 1.54) is 30.2 Å². The second-order valence-electron chi connectivity index (χ2n) is 6.48. The minimum Gasteiger partial charge on any atom is -0.347 e. The van der Waals surface area contributed by atoms with E-state index in [9.17, 15) is 9.59 Å². The summed E-state index contributed by atoms with van der Waals surface area (Å²) in [5.74, 6) is 2.13. The van der Waals surface area contributed by atoms with Crippen LogP contribution in [-0.2, 0) is 16.0 Å². The van der Waals surface area contributed by atoms with Crippen molar-refractivity contribution in [3.63, 3.8) is 0 Å². The fourth-order valence-electron chi connectivity index (χ4n) is 2.60. The molecule has 1 atom stereocenters. The molecule has 25 heavy (non-hydrogen) atoms. The molecule has 1 saturated heterocycles. The zero-order valence-electron chi connectivity index (χ0n) is 15.2. The number of rotatable bonds is 8. The minimum atomic E-state index is -0.199. The highest BCUT2D eigenvalue weighted by Crippen LogP contribution is 2.13. The first-order chi connectivity index (χ1) is 12.1. The van der Waals surface area contributed by atoms with E-state index in [1.54, 1.807) is 0 Å². The normalized spacial score (nSPS) is 16.2. The fraction of sp³-hybridized carbons (Fsp3) is 0.579. The maximum atomic E-state index is 11.9. The topological polar surface area (TPSA) is 61.4 Å². The maximum Gasteiger partial charge on any atom is 0.243 e. The quantitative estimate of drug-likeness (QED) is 0.744. The molecule has 1 unspecified atom stereocenters. The first-order valence-electron chi connectivity index (χ1n) is 9.05. The summed E-state index contributed by atoms with van der Waals surface area (Å²) in [6, 6.07) is 7.98. The number of hydrogen-bond donors (Lipinski definition) is 2. The summed E-state index contributed by atoms with van der Waals surface area (Å²) in [7, 11) is 0. The SMILES string of the molecule is CCC(C)C(=O)NCC(=O)Nc1ccc(CCN2CCSCC2)cc1. The number of carbonyl (C=O) groups excluding carboxylic acids is 2. The Morgan fingerprint density at radius 3 is 2.52 bits per heavy atom. The van der Waals surface area contributed by atoms with Crippen molar-refractivity contribution in [1.82, 2.24) is 10.2 Å². The minimum absolute atomic E-state index is 0.0118. The molecule has 1 aliphatic heterocycles. The van der Waals surface area contributed by atoms with Crippen LogP contribution in [0.3, 0.4) is 0 Å².